The van der Waals surface area contributed by atoms with Gasteiger partial charge in [0.25, 0.3) is 0 Å². The molecule has 2 fully saturated rings. The number of pyridine rings is 1. The Kier molecular flexibility index (Phi) is 3.71. The van der Waals surface area contributed by atoms with Gasteiger partial charge in [-0.15, -0.1) is 0 Å². The fourth-order valence-corrected chi connectivity index (χ4v) is 2.63. The van der Waals surface area contributed by atoms with Crippen molar-refractivity contribution in [2.75, 3.05) is 31.2 Å². The number of aryl methyl sites for hydroxylation is 2. The smallest absolute Gasteiger partial charge is 0.133 e. The van der Waals surface area contributed by atoms with Gasteiger partial charge in [-0.05, 0) is 38.3 Å². The number of ether oxygens (including phenoxy) is 1. The van der Waals surface area contributed by atoms with Crippen molar-refractivity contribution < 1.29 is 4.74 Å². The Labute approximate surface area is 115 Å². The first-order valence-electron chi connectivity index (χ1n) is 7.27. The number of hydrogen-bond donors (Lipinski definition) is 1. The van der Waals surface area contributed by atoms with Crippen molar-refractivity contribution in [2.45, 2.75) is 39.3 Å². The number of rotatable bonds is 4. The van der Waals surface area contributed by atoms with Gasteiger partial charge in [0.05, 0.1) is 13.2 Å². The second kappa shape index (κ2) is 5.47. The Morgan fingerprint density at radius 3 is 2.74 bits per heavy atom. The molecule has 1 aliphatic carbocycles. The van der Waals surface area contributed by atoms with Crippen LogP contribution < -0.4 is 10.2 Å². The first-order chi connectivity index (χ1) is 9.24. The van der Waals surface area contributed by atoms with Crippen LogP contribution in [-0.4, -0.2) is 37.3 Å². The quantitative estimate of drug-likeness (QED) is 0.896. The van der Waals surface area contributed by atoms with E-state index in [1.807, 2.05) is 0 Å². The molecular weight excluding hydrogens is 238 g/mol. The highest BCUT2D eigenvalue weighted by molar-refractivity contribution is 5.52. The molecule has 19 heavy (non-hydrogen) atoms. The van der Waals surface area contributed by atoms with Crippen molar-refractivity contribution in [3.63, 3.8) is 0 Å². The predicted molar refractivity (Wildman–Crippen MR) is 76.6 cm³/mol. The number of anilines is 1. The maximum absolute atomic E-state index is 5.44. The molecule has 0 radical (unpaired) electrons. The first-order valence-corrected chi connectivity index (χ1v) is 7.27. The van der Waals surface area contributed by atoms with Crippen LogP contribution in [0.1, 0.15) is 29.7 Å². The van der Waals surface area contributed by atoms with Gasteiger partial charge in [-0.25, -0.2) is 4.98 Å². The lowest BCUT2D eigenvalue weighted by molar-refractivity contribution is 0.122. The largest absolute Gasteiger partial charge is 0.378 e. The molecule has 0 spiro atoms. The van der Waals surface area contributed by atoms with E-state index in [-0.39, 0.29) is 0 Å². The minimum Gasteiger partial charge on any atom is -0.378 e. The average Bonchev–Trinajstić information content (AvgIpc) is 3.22. The molecule has 1 aromatic rings. The van der Waals surface area contributed by atoms with Gasteiger partial charge in [0.1, 0.15) is 5.82 Å². The van der Waals surface area contributed by atoms with Gasteiger partial charge in [-0.2, -0.15) is 0 Å². The molecule has 3 rings (SSSR count). The summed E-state index contributed by atoms with van der Waals surface area (Å²) in [6, 6.07) is 2.92. The Balaban J connectivity index is 1.85. The van der Waals surface area contributed by atoms with Crippen molar-refractivity contribution in [1.29, 1.82) is 0 Å². The van der Waals surface area contributed by atoms with E-state index in [2.05, 4.69) is 30.1 Å². The van der Waals surface area contributed by atoms with E-state index in [9.17, 15) is 0 Å². The third-order valence-corrected chi connectivity index (χ3v) is 3.91. The maximum atomic E-state index is 5.44. The van der Waals surface area contributed by atoms with Crippen molar-refractivity contribution in [2.24, 2.45) is 0 Å². The van der Waals surface area contributed by atoms with E-state index < -0.39 is 0 Å². The van der Waals surface area contributed by atoms with Crippen molar-refractivity contribution in [1.82, 2.24) is 10.3 Å². The fraction of sp³-hybridized carbons (Fsp3) is 0.667. The number of nitrogens with zero attached hydrogens (tertiary/aromatic N) is 2. The van der Waals surface area contributed by atoms with Crippen LogP contribution in [0.25, 0.3) is 0 Å². The van der Waals surface area contributed by atoms with Crippen LogP contribution in [0.4, 0.5) is 5.82 Å². The summed E-state index contributed by atoms with van der Waals surface area (Å²) in [6.07, 6.45) is 2.65. The van der Waals surface area contributed by atoms with Crippen LogP contribution in [0.2, 0.25) is 0 Å². The van der Waals surface area contributed by atoms with E-state index in [1.165, 1.54) is 24.0 Å². The summed E-state index contributed by atoms with van der Waals surface area (Å²) in [7, 11) is 0. The van der Waals surface area contributed by atoms with Crippen LogP contribution in [0.15, 0.2) is 6.07 Å². The molecule has 0 aromatic carbocycles. The van der Waals surface area contributed by atoms with E-state index in [1.54, 1.807) is 0 Å². The predicted octanol–water partition coefficient (Wildman–Crippen LogP) is 1.79. The Hall–Kier alpha value is -1.13. The zero-order chi connectivity index (χ0) is 13.2. The molecule has 2 heterocycles. The second-order valence-corrected chi connectivity index (χ2v) is 5.64. The monoisotopic (exact) mass is 261 g/mol. The molecule has 1 saturated heterocycles. The van der Waals surface area contributed by atoms with Gasteiger partial charge >= 0.3 is 0 Å². The van der Waals surface area contributed by atoms with Crippen LogP contribution >= 0.6 is 0 Å². The number of morpholine rings is 1. The molecule has 1 saturated carbocycles. The molecule has 104 valence electrons. The molecule has 0 amide bonds. The van der Waals surface area contributed by atoms with Crippen LogP contribution in [0.3, 0.4) is 0 Å². The minimum atomic E-state index is 0.734. The Morgan fingerprint density at radius 2 is 2.05 bits per heavy atom. The lowest BCUT2D eigenvalue weighted by Crippen LogP contribution is -2.38. The highest BCUT2D eigenvalue weighted by atomic mass is 16.5. The van der Waals surface area contributed by atoms with Crippen LogP contribution in [-0.2, 0) is 11.3 Å². The van der Waals surface area contributed by atoms with Crippen molar-refractivity contribution in [3.8, 4) is 0 Å². The highest BCUT2D eigenvalue weighted by Gasteiger charge is 2.23. The molecule has 0 atom stereocenters. The first kappa shape index (κ1) is 12.9. The third-order valence-electron chi connectivity index (χ3n) is 3.91. The van der Waals surface area contributed by atoms with Gasteiger partial charge < -0.3 is 15.0 Å². The van der Waals surface area contributed by atoms with Gasteiger partial charge in [-0.1, -0.05) is 0 Å². The lowest BCUT2D eigenvalue weighted by Gasteiger charge is -2.30. The summed E-state index contributed by atoms with van der Waals surface area (Å²) >= 11 is 0. The average molecular weight is 261 g/mol. The van der Waals surface area contributed by atoms with Crippen molar-refractivity contribution >= 4 is 5.82 Å². The zero-order valence-electron chi connectivity index (χ0n) is 11.9. The molecule has 1 N–H and O–H groups in total. The molecular formula is C15H23N3O. The summed E-state index contributed by atoms with van der Waals surface area (Å²) in [5, 5.41) is 3.61. The molecule has 4 nitrogen and oxygen atoms in total. The molecule has 4 heteroatoms. The summed E-state index contributed by atoms with van der Waals surface area (Å²) in [5.41, 5.74) is 3.82. The molecule has 1 aromatic heterocycles. The summed E-state index contributed by atoms with van der Waals surface area (Å²) in [4.78, 5) is 7.15. The van der Waals surface area contributed by atoms with Gasteiger partial charge in [-0.3, -0.25) is 0 Å². The number of hydrogen-bond acceptors (Lipinski definition) is 4. The Bertz CT molecular complexity index is 451. The molecule has 1 aliphatic heterocycles. The second-order valence-electron chi connectivity index (χ2n) is 5.64. The van der Waals surface area contributed by atoms with Gasteiger partial charge in [0.15, 0.2) is 0 Å². The van der Waals surface area contributed by atoms with Crippen LogP contribution in [0.5, 0.6) is 0 Å². The van der Waals surface area contributed by atoms with Crippen molar-refractivity contribution in [3.05, 3.63) is 22.9 Å². The van der Waals surface area contributed by atoms with E-state index in [4.69, 9.17) is 9.72 Å². The van der Waals surface area contributed by atoms with E-state index in [0.717, 1.165) is 50.4 Å². The van der Waals surface area contributed by atoms with E-state index >= 15 is 0 Å². The normalized spacial score (nSPS) is 19.8. The summed E-state index contributed by atoms with van der Waals surface area (Å²) in [5.74, 6) is 1.16. The number of nitrogens with one attached hydrogen (secondary N) is 1. The highest BCUT2D eigenvalue weighted by Crippen LogP contribution is 2.25. The molecule has 0 unspecified atom stereocenters. The Morgan fingerprint density at radius 1 is 1.32 bits per heavy atom. The van der Waals surface area contributed by atoms with E-state index in [0.29, 0.717) is 0 Å². The van der Waals surface area contributed by atoms with Gasteiger partial charge in [0, 0.05) is 36.9 Å². The summed E-state index contributed by atoms with van der Waals surface area (Å²) in [6.45, 7) is 8.74. The molecule has 0 bridgehead atoms. The zero-order valence-corrected chi connectivity index (χ0v) is 11.9. The number of aromatic nitrogens is 1. The maximum Gasteiger partial charge on any atom is 0.133 e. The topological polar surface area (TPSA) is 37.4 Å². The standard InChI is InChI=1S/C15H23N3O/c1-11-9-12(2)17-15(18-5-7-19-8-6-18)14(11)10-16-13-3-4-13/h9,13,16H,3-8,10H2,1-2H3. The van der Waals surface area contributed by atoms with Crippen LogP contribution in [0, 0.1) is 13.8 Å². The third kappa shape index (κ3) is 3.07. The molecule has 2 aliphatic rings. The fourth-order valence-electron chi connectivity index (χ4n) is 2.63. The van der Waals surface area contributed by atoms with Gasteiger partial charge in [0.2, 0.25) is 0 Å². The summed E-state index contributed by atoms with van der Waals surface area (Å²) < 4.78 is 5.44. The minimum absolute atomic E-state index is 0.734. The lowest BCUT2D eigenvalue weighted by atomic mass is 10.1. The SMILES string of the molecule is Cc1cc(C)c(CNC2CC2)c(N2CCOCC2)n1.